The highest BCUT2D eigenvalue weighted by atomic mass is 32.2. The van der Waals surface area contributed by atoms with Crippen LogP contribution in [0, 0.1) is 28.9 Å². The fourth-order valence-electron chi connectivity index (χ4n) is 3.61. The molecule has 33 heavy (non-hydrogen) atoms. The van der Waals surface area contributed by atoms with Crippen LogP contribution < -0.4 is 5.32 Å². The van der Waals surface area contributed by atoms with Crippen LogP contribution in [0.1, 0.15) is 18.4 Å². The molecular weight excluding hydrogens is 470 g/mol. The van der Waals surface area contributed by atoms with Crippen LogP contribution in [-0.4, -0.2) is 36.7 Å². The topological polar surface area (TPSA) is 103 Å². The highest BCUT2D eigenvalue weighted by molar-refractivity contribution is 7.89. The van der Waals surface area contributed by atoms with Gasteiger partial charge in [-0.1, -0.05) is 12.1 Å². The van der Waals surface area contributed by atoms with E-state index in [-0.39, 0.29) is 29.5 Å². The van der Waals surface area contributed by atoms with E-state index in [1.54, 1.807) is 17.5 Å². The van der Waals surface area contributed by atoms with Crippen LogP contribution in [0.4, 0.5) is 13.9 Å². The fraction of sp³-hybridized carbons (Fsp3) is 0.227. The van der Waals surface area contributed by atoms with Gasteiger partial charge >= 0.3 is 0 Å². The van der Waals surface area contributed by atoms with Crippen molar-refractivity contribution in [3.63, 3.8) is 0 Å². The lowest BCUT2D eigenvalue weighted by molar-refractivity contribution is -0.120. The van der Waals surface area contributed by atoms with Crippen LogP contribution in [0.5, 0.6) is 0 Å². The molecule has 1 aliphatic rings. The number of amides is 1. The molecule has 0 aliphatic carbocycles. The van der Waals surface area contributed by atoms with E-state index in [9.17, 15) is 27.3 Å². The number of carbonyl (C=O) groups is 1. The first kappa shape index (κ1) is 23.0. The Labute approximate surface area is 193 Å². The molecule has 11 heteroatoms. The Balaban J connectivity index is 1.39. The summed E-state index contributed by atoms with van der Waals surface area (Å²) >= 11 is 1.16. The maximum atomic E-state index is 13.5. The Bertz CT molecular complexity index is 1340. The molecule has 1 saturated heterocycles. The monoisotopic (exact) mass is 488 g/mol. The molecule has 2 aromatic carbocycles. The molecule has 3 aromatic rings. The van der Waals surface area contributed by atoms with Gasteiger partial charge in [-0.25, -0.2) is 22.2 Å². The van der Waals surface area contributed by atoms with Gasteiger partial charge in [0.15, 0.2) is 16.8 Å². The van der Waals surface area contributed by atoms with Crippen LogP contribution in [0.25, 0.3) is 11.3 Å². The zero-order valence-electron chi connectivity index (χ0n) is 17.2. The van der Waals surface area contributed by atoms with Crippen molar-refractivity contribution in [1.29, 1.82) is 5.26 Å². The average Bonchev–Trinajstić information content (AvgIpc) is 3.29. The largest absolute Gasteiger partial charge is 0.302 e. The Morgan fingerprint density at radius 2 is 1.88 bits per heavy atom. The third kappa shape index (κ3) is 4.78. The molecule has 2 heterocycles. The lowest BCUT2D eigenvalue weighted by atomic mass is 9.97. The molecule has 0 saturated carbocycles. The van der Waals surface area contributed by atoms with E-state index in [1.807, 2.05) is 6.07 Å². The predicted molar refractivity (Wildman–Crippen MR) is 119 cm³/mol. The smallest absolute Gasteiger partial charge is 0.244 e. The van der Waals surface area contributed by atoms with Gasteiger partial charge in [0.2, 0.25) is 15.9 Å². The molecule has 0 spiro atoms. The molecule has 0 radical (unpaired) electrons. The Kier molecular flexibility index (Phi) is 6.51. The number of halogens is 2. The van der Waals surface area contributed by atoms with Crippen molar-refractivity contribution in [2.24, 2.45) is 5.92 Å². The second-order valence-electron chi connectivity index (χ2n) is 7.44. The molecule has 1 aliphatic heterocycles. The predicted octanol–water partition coefficient (Wildman–Crippen LogP) is 4.00. The number of thiazole rings is 1. The normalized spacial score (nSPS) is 15.2. The van der Waals surface area contributed by atoms with E-state index in [4.69, 9.17) is 0 Å². The van der Waals surface area contributed by atoms with Gasteiger partial charge in [0.05, 0.1) is 16.2 Å². The third-order valence-corrected chi connectivity index (χ3v) is 8.11. The van der Waals surface area contributed by atoms with Crippen molar-refractivity contribution >= 4 is 32.4 Å². The number of sulfonamides is 1. The molecule has 4 rings (SSSR count). The van der Waals surface area contributed by atoms with E-state index in [0.29, 0.717) is 29.2 Å². The van der Waals surface area contributed by atoms with Gasteiger partial charge in [0.25, 0.3) is 0 Å². The van der Waals surface area contributed by atoms with Gasteiger partial charge in [0, 0.05) is 30.0 Å². The molecular formula is C22H18F2N4O3S2. The van der Waals surface area contributed by atoms with Crippen LogP contribution in [0.2, 0.25) is 0 Å². The van der Waals surface area contributed by atoms with Gasteiger partial charge in [-0.2, -0.15) is 9.57 Å². The zero-order chi connectivity index (χ0) is 23.6. The second kappa shape index (κ2) is 9.35. The molecule has 7 nitrogen and oxygen atoms in total. The number of rotatable bonds is 5. The van der Waals surface area contributed by atoms with Crippen molar-refractivity contribution in [1.82, 2.24) is 9.29 Å². The van der Waals surface area contributed by atoms with E-state index in [1.165, 1.54) is 22.5 Å². The number of anilines is 1. The first-order valence-corrected chi connectivity index (χ1v) is 12.3. The number of aromatic nitrogens is 1. The Morgan fingerprint density at radius 3 is 2.58 bits per heavy atom. The minimum Gasteiger partial charge on any atom is -0.302 e. The highest BCUT2D eigenvalue weighted by Gasteiger charge is 2.33. The summed E-state index contributed by atoms with van der Waals surface area (Å²) in [5, 5.41) is 13.9. The van der Waals surface area contributed by atoms with Crippen molar-refractivity contribution in [2.45, 2.75) is 17.7 Å². The van der Waals surface area contributed by atoms with E-state index in [2.05, 4.69) is 10.3 Å². The van der Waals surface area contributed by atoms with E-state index < -0.39 is 27.6 Å². The molecule has 1 fully saturated rings. The average molecular weight is 489 g/mol. The van der Waals surface area contributed by atoms with E-state index >= 15 is 0 Å². The van der Waals surface area contributed by atoms with Gasteiger partial charge in [-0.05, 0) is 43.2 Å². The summed E-state index contributed by atoms with van der Waals surface area (Å²) in [4.78, 5) is 16.9. The van der Waals surface area contributed by atoms with Crippen LogP contribution in [-0.2, 0) is 14.8 Å². The third-order valence-electron chi connectivity index (χ3n) is 5.40. The first-order chi connectivity index (χ1) is 15.8. The van der Waals surface area contributed by atoms with Crippen molar-refractivity contribution in [3.05, 3.63) is 65.0 Å². The lowest BCUT2D eigenvalue weighted by Crippen LogP contribution is -2.41. The molecule has 1 aromatic heterocycles. The summed E-state index contributed by atoms with van der Waals surface area (Å²) in [6.07, 6.45) is 0.641. The van der Waals surface area contributed by atoms with Gasteiger partial charge < -0.3 is 5.32 Å². The summed E-state index contributed by atoms with van der Waals surface area (Å²) in [7, 11) is -3.84. The summed E-state index contributed by atoms with van der Waals surface area (Å²) in [5.41, 5.74) is 0.881. The van der Waals surface area contributed by atoms with Crippen molar-refractivity contribution in [2.75, 3.05) is 18.4 Å². The highest BCUT2D eigenvalue weighted by Crippen LogP contribution is 2.29. The molecule has 0 bridgehead atoms. The standard InChI is InChI=1S/C22H18F2N4O3S2/c23-17-6-5-15(11-18(17)24)19-13-32-22(26-19)27-21(29)14-7-9-28(10-8-14)33(30,31)20-4-2-1-3-16(20)12-25/h1-6,11,13-14H,7-10H2,(H,26,27,29). The first-order valence-electron chi connectivity index (χ1n) is 10.0. The van der Waals surface area contributed by atoms with Gasteiger partial charge in [-0.15, -0.1) is 11.3 Å². The Hall–Kier alpha value is -3.20. The SMILES string of the molecule is N#Cc1ccccc1S(=O)(=O)N1CCC(C(=O)Nc2nc(-c3ccc(F)c(F)c3)cs2)CC1. The van der Waals surface area contributed by atoms with Gasteiger partial charge in [0.1, 0.15) is 6.07 Å². The molecule has 0 atom stereocenters. The number of nitrogens with one attached hydrogen (secondary N) is 1. The molecule has 1 amide bonds. The number of benzene rings is 2. The molecule has 0 unspecified atom stereocenters. The van der Waals surface area contributed by atoms with Gasteiger partial charge in [-0.3, -0.25) is 4.79 Å². The second-order valence-corrected chi connectivity index (χ2v) is 10.2. The van der Waals surface area contributed by atoms with Crippen LogP contribution in [0.15, 0.2) is 52.7 Å². The number of carbonyl (C=O) groups excluding carboxylic acids is 1. The van der Waals surface area contributed by atoms with Crippen molar-refractivity contribution < 1.29 is 22.0 Å². The number of hydrogen-bond donors (Lipinski definition) is 1. The van der Waals surface area contributed by atoms with Crippen LogP contribution >= 0.6 is 11.3 Å². The maximum absolute atomic E-state index is 13.5. The van der Waals surface area contributed by atoms with E-state index in [0.717, 1.165) is 23.5 Å². The number of hydrogen-bond acceptors (Lipinski definition) is 6. The summed E-state index contributed by atoms with van der Waals surface area (Å²) < 4.78 is 53.7. The quantitative estimate of drug-likeness (QED) is 0.585. The number of piperidine rings is 1. The van der Waals surface area contributed by atoms with Crippen LogP contribution in [0.3, 0.4) is 0 Å². The number of nitrogens with zero attached hydrogens (tertiary/aromatic N) is 3. The molecule has 170 valence electrons. The minimum absolute atomic E-state index is 0.0389. The zero-order valence-corrected chi connectivity index (χ0v) is 18.8. The molecule has 1 N–H and O–H groups in total. The summed E-state index contributed by atoms with van der Waals surface area (Å²) in [5.74, 6) is -2.62. The van der Waals surface area contributed by atoms with Crippen molar-refractivity contribution in [3.8, 4) is 17.3 Å². The summed E-state index contributed by atoms with van der Waals surface area (Å²) in [6, 6.07) is 11.4. The lowest BCUT2D eigenvalue weighted by Gasteiger charge is -2.30. The summed E-state index contributed by atoms with van der Waals surface area (Å²) in [6.45, 7) is 0.302. The fourth-order valence-corrected chi connectivity index (χ4v) is 5.94. The minimum atomic E-state index is -3.84. The maximum Gasteiger partial charge on any atom is 0.244 e. The Morgan fingerprint density at radius 1 is 1.15 bits per heavy atom. The number of nitriles is 1.